The molecule has 4 nitrogen and oxygen atoms in total. The summed E-state index contributed by atoms with van der Waals surface area (Å²) in [5.74, 6) is 0. The molecule has 4 heteroatoms. The quantitative estimate of drug-likeness (QED) is 0.168. The zero-order valence-electron chi connectivity index (χ0n) is 34.0. The highest BCUT2D eigenvalue weighted by Gasteiger charge is 2.35. The Kier molecular flexibility index (Phi) is 7.83. The number of hydrogen-bond donors (Lipinski definition) is 0. The van der Waals surface area contributed by atoms with E-state index in [0.717, 1.165) is 51.7 Å². The Morgan fingerprint density at radius 2 is 1.10 bits per heavy atom. The highest BCUT2D eigenvalue weighted by atomic mass is 16.3. The van der Waals surface area contributed by atoms with E-state index in [-0.39, 0.29) is 12.1 Å². The van der Waals surface area contributed by atoms with Gasteiger partial charge in [-0.2, -0.15) is 0 Å². The molecule has 0 bridgehead atoms. The predicted molar refractivity (Wildman–Crippen MR) is 260 cm³/mol. The molecule has 0 saturated heterocycles. The molecule has 3 heterocycles. The van der Waals surface area contributed by atoms with Gasteiger partial charge < -0.3 is 18.5 Å². The zero-order chi connectivity index (χ0) is 40.7. The molecule has 0 amide bonds. The fourth-order valence-electron chi connectivity index (χ4n) is 10.7. The Hall–Kier alpha value is -7.82. The molecule has 0 spiro atoms. The molecule has 3 aromatic heterocycles. The molecule has 62 heavy (non-hydrogen) atoms. The minimum Gasteiger partial charge on any atom is -0.455 e. The lowest BCUT2D eigenvalue weighted by Gasteiger charge is -2.42. The van der Waals surface area contributed by atoms with E-state index >= 15 is 0 Å². The SMILES string of the molecule is C1=CC(N(C2=C(c3cccc4c3oc3cc5ccccc5cc34)C=CCC2)c2ccccc2-n2c3ccccc3c3ccccc32)C(n2c3ccccc3c3ccccc32)C=C1. The van der Waals surface area contributed by atoms with E-state index in [1.165, 1.54) is 65.7 Å². The third kappa shape index (κ3) is 5.20. The lowest BCUT2D eigenvalue weighted by Crippen LogP contribution is -2.41. The summed E-state index contributed by atoms with van der Waals surface area (Å²) in [6, 6.07) is 64.1. The second kappa shape index (κ2) is 13.9. The van der Waals surface area contributed by atoms with Gasteiger partial charge in [-0.15, -0.1) is 0 Å². The van der Waals surface area contributed by atoms with Crippen molar-refractivity contribution < 1.29 is 4.42 Å². The molecule has 294 valence electrons. The average Bonchev–Trinajstić information content (AvgIpc) is 3.99. The Morgan fingerprint density at radius 1 is 0.516 bits per heavy atom. The highest BCUT2D eigenvalue weighted by Crippen LogP contribution is 2.46. The van der Waals surface area contributed by atoms with Crippen LogP contribution in [0.3, 0.4) is 0 Å². The van der Waals surface area contributed by atoms with Gasteiger partial charge in [-0.1, -0.05) is 164 Å². The summed E-state index contributed by atoms with van der Waals surface area (Å²) in [5, 5.41) is 9.71. The maximum atomic E-state index is 6.96. The molecule has 2 atom stereocenters. The van der Waals surface area contributed by atoms with Crippen LogP contribution in [0, 0.1) is 0 Å². The van der Waals surface area contributed by atoms with Crippen LogP contribution in [-0.2, 0) is 0 Å². The molecule has 13 rings (SSSR count). The third-order valence-corrected chi connectivity index (χ3v) is 13.3. The second-order valence-electron chi connectivity index (χ2n) is 16.7. The van der Waals surface area contributed by atoms with Crippen molar-refractivity contribution in [3.8, 4) is 5.69 Å². The van der Waals surface area contributed by atoms with Gasteiger partial charge in [-0.3, -0.25) is 0 Å². The van der Waals surface area contributed by atoms with Crippen molar-refractivity contribution in [1.82, 2.24) is 9.13 Å². The first-order chi connectivity index (χ1) is 30.8. The van der Waals surface area contributed by atoms with Crippen LogP contribution < -0.4 is 4.90 Å². The van der Waals surface area contributed by atoms with Crippen LogP contribution in [0.5, 0.6) is 0 Å². The van der Waals surface area contributed by atoms with Crippen molar-refractivity contribution in [3.63, 3.8) is 0 Å². The summed E-state index contributed by atoms with van der Waals surface area (Å²) in [4.78, 5) is 2.68. The molecule has 2 unspecified atom stereocenters. The predicted octanol–water partition coefficient (Wildman–Crippen LogP) is 15.2. The van der Waals surface area contributed by atoms with Gasteiger partial charge >= 0.3 is 0 Å². The van der Waals surface area contributed by atoms with Crippen molar-refractivity contribution >= 4 is 87.6 Å². The van der Waals surface area contributed by atoms with E-state index in [4.69, 9.17) is 4.42 Å². The molecule has 2 aliphatic rings. The largest absolute Gasteiger partial charge is 0.455 e. The monoisotopic (exact) mass is 795 g/mol. The first-order valence-corrected chi connectivity index (χ1v) is 21.7. The molecule has 2 aliphatic carbocycles. The molecule has 0 saturated carbocycles. The molecule has 0 radical (unpaired) electrons. The van der Waals surface area contributed by atoms with Crippen molar-refractivity contribution in [3.05, 3.63) is 224 Å². The highest BCUT2D eigenvalue weighted by molar-refractivity contribution is 6.13. The van der Waals surface area contributed by atoms with E-state index < -0.39 is 0 Å². The van der Waals surface area contributed by atoms with Crippen LogP contribution >= 0.6 is 0 Å². The fraction of sp³-hybridized carbons (Fsp3) is 0.0690. The standard InChI is InChI=1S/C58H41N3O/c1-2-19-39-37-57-47(36-38(39)18-1)46-26-17-25-45(58(46)62-57)44-24-7-12-31-52(44)61(55-34-15-13-32-53(55)59-48-27-8-3-20-40(48)41-21-4-9-28-49(41)59)56-35-16-14-33-54(56)60-50-29-10-5-22-42(50)43-23-6-11-30-51(43)60/h1-11,13-30,32-37,53,55H,12,31H2. The van der Waals surface area contributed by atoms with Gasteiger partial charge in [0.05, 0.1) is 34.5 Å². The Balaban J connectivity index is 1.11. The van der Waals surface area contributed by atoms with E-state index in [1.807, 2.05) is 0 Å². The Labute approximate surface area is 358 Å². The maximum Gasteiger partial charge on any atom is 0.143 e. The van der Waals surface area contributed by atoms with Gasteiger partial charge in [0.1, 0.15) is 11.2 Å². The third-order valence-electron chi connectivity index (χ3n) is 13.3. The van der Waals surface area contributed by atoms with E-state index in [1.54, 1.807) is 0 Å². The van der Waals surface area contributed by atoms with Crippen molar-refractivity contribution in [2.24, 2.45) is 0 Å². The van der Waals surface area contributed by atoms with Crippen LogP contribution in [0.2, 0.25) is 0 Å². The second-order valence-corrected chi connectivity index (χ2v) is 16.7. The maximum absolute atomic E-state index is 6.96. The van der Waals surface area contributed by atoms with Gasteiger partial charge in [0, 0.05) is 60.2 Å². The number of para-hydroxylation sites is 7. The number of fused-ring (bicyclic) bond motifs is 10. The smallest absolute Gasteiger partial charge is 0.143 e. The zero-order valence-corrected chi connectivity index (χ0v) is 34.0. The summed E-state index contributed by atoms with van der Waals surface area (Å²) in [6.45, 7) is 0. The Morgan fingerprint density at radius 3 is 1.82 bits per heavy atom. The number of furan rings is 1. The molecular formula is C58H41N3O. The molecular weight excluding hydrogens is 755 g/mol. The van der Waals surface area contributed by atoms with Crippen LogP contribution in [0.1, 0.15) is 24.4 Å². The minimum atomic E-state index is -0.0925. The summed E-state index contributed by atoms with van der Waals surface area (Å²) in [6.07, 6.45) is 15.8. The number of benzene rings is 8. The summed E-state index contributed by atoms with van der Waals surface area (Å²) >= 11 is 0. The number of nitrogens with zero attached hydrogens (tertiary/aromatic N) is 3. The van der Waals surface area contributed by atoms with Gasteiger partial charge in [-0.25, -0.2) is 0 Å². The molecule has 0 aliphatic heterocycles. The van der Waals surface area contributed by atoms with E-state index in [9.17, 15) is 0 Å². The summed E-state index contributed by atoms with van der Waals surface area (Å²) in [5.41, 5.74) is 12.5. The van der Waals surface area contributed by atoms with Crippen LogP contribution in [0.25, 0.3) is 87.6 Å². The minimum absolute atomic E-state index is 0.0370. The number of hydrogen-bond acceptors (Lipinski definition) is 2. The lowest BCUT2D eigenvalue weighted by molar-refractivity contribution is 0.543. The van der Waals surface area contributed by atoms with Gasteiger partial charge in [0.2, 0.25) is 0 Å². The summed E-state index contributed by atoms with van der Waals surface area (Å²) in [7, 11) is 0. The van der Waals surface area contributed by atoms with Crippen LogP contribution in [0.15, 0.2) is 222 Å². The normalized spacial score (nSPS) is 16.6. The van der Waals surface area contributed by atoms with Gasteiger partial charge in [-0.05, 0) is 72.1 Å². The van der Waals surface area contributed by atoms with Gasteiger partial charge in [0.15, 0.2) is 0 Å². The lowest BCUT2D eigenvalue weighted by atomic mass is 9.91. The fourth-order valence-corrected chi connectivity index (χ4v) is 10.7. The average molecular weight is 796 g/mol. The first kappa shape index (κ1) is 35.0. The molecule has 11 aromatic rings. The Bertz CT molecular complexity index is 3630. The van der Waals surface area contributed by atoms with E-state index in [0.29, 0.717) is 0 Å². The first-order valence-electron chi connectivity index (χ1n) is 21.7. The van der Waals surface area contributed by atoms with Crippen molar-refractivity contribution in [2.75, 3.05) is 4.90 Å². The molecule has 0 fully saturated rings. The van der Waals surface area contributed by atoms with Gasteiger partial charge in [0.25, 0.3) is 0 Å². The number of allylic oxidation sites excluding steroid dienone is 6. The topological polar surface area (TPSA) is 26.2 Å². The molecule has 0 N–H and O–H groups in total. The number of anilines is 1. The molecule has 8 aromatic carbocycles. The number of aromatic nitrogens is 2. The van der Waals surface area contributed by atoms with Crippen LogP contribution in [-0.4, -0.2) is 15.2 Å². The van der Waals surface area contributed by atoms with E-state index in [2.05, 4.69) is 226 Å². The summed E-state index contributed by atoms with van der Waals surface area (Å²) < 4.78 is 12.0. The van der Waals surface area contributed by atoms with Crippen molar-refractivity contribution in [2.45, 2.75) is 24.9 Å². The van der Waals surface area contributed by atoms with Crippen molar-refractivity contribution in [1.29, 1.82) is 0 Å². The van der Waals surface area contributed by atoms with Crippen LogP contribution in [0.4, 0.5) is 5.69 Å². The number of rotatable bonds is 6.